The Balaban J connectivity index is 3.35. The van der Waals surface area contributed by atoms with Crippen LogP contribution < -0.4 is 0 Å². The van der Waals surface area contributed by atoms with Crippen molar-refractivity contribution in [3.8, 4) is 0 Å². The fourth-order valence-electron chi connectivity index (χ4n) is 1.30. The molecule has 0 aliphatic heterocycles. The first-order valence-electron chi connectivity index (χ1n) is 4.81. The van der Waals surface area contributed by atoms with E-state index in [1.807, 2.05) is 0 Å². The van der Waals surface area contributed by atoms with Crippen molar-refractivity contribution in [2.45, 2.75) is 46.5 Å². The van der Waals surface area contributed by atoms with Gasteiger partial charge < -0.3 is 5.11 Å². The van der Waals surface area contributed by atoms with Crippen molar-refractivity contribution in [3.63, 3.8) is 0 Å². The molecule has 0 aliphatic rings. The van der Waals surface area contributed by atoms with Gasteiger partial charge in [-0.05, 0) is 24.7 Å². The van der Waals surface area contributed by atoms with Crippen molar-refractivity contribution in [2.75, 3.05) is 6.61 Å². The zero-order chi connectivity index (χ0) is 8.69. The SMILES string of the molecule is CCC[C@@H](CO)CCC(C)C. The van der Waals surface area contributed by atoms with Gasteiger partial charge in [0.25, 0.3) is 0 Å². The van der Waals surface area contributed by atoms with Gasteiger partial charge in [0.05, 0.1) is 0 Å². The van der Waals surface area contributed by atoms with Gasteiger partial charge in [-0.1, -0.05) is 33.6 Å². The van der Waals surface area contributed by atoms with Gasteiger partial charge in [0.1, 0.15) is 0 Å². The summed E-state index contributed by atoms with van der Waals surface area (Å²) in [4.78, 5) is 0. The molecule has 1 N–H and O–H groups in total. The Morgan fingerprint density at radius 3 is 2.09 bits per heavy atom. The van der Waals surface area contributed by atoms with Gasteiger partial charge in [0, 0.05) is 6.61 Å². The summed E-state index contributed by atoms with van der Waals surface area (Å²) in [6.45, 7) is 7.03. The molecule has 0 saturated carbocycles. The lowest BCUT2D eigenvalue weighted by Gasteiger charge is -2.13. The molecular formula is C10H22O. The highest BCUT2D eigenvalue weighted by atomic mass is 16.3. The van der Waals surface area contributed by atoms with Crippen LogP contribution in [0.2, 0.25) is 0 Å². The van der Waals surface area contributed by atoms with Crippen molar-refractivity contribution in [2.24, 2.45) is 11.8 Å². The molecule has 0 saturated heterocycles. The molecular weight excluding hydrogens is 136 g/mol. The van der Waals surface area contributed by atoms with E-state index in [2.05, 4.69) is 20.8 Å². The maximum Gasteiger partial charge on any atom is 0.0459 e. The first-order chi connectivity index (χ1) is 5.20. The fraction of sp³-hybridized carbons (Fsp3) is 1.00. The quantitative estimate of drug-likeness (QED) is 0.630. The van der Waals surface area contributed by atoms with Crippen LogP contribution in [0.1, 0.15) is 46.5 Å². The third-order valence-electron chi connectivity index (χ3n) is 2.11. The molecule has 0 amide bonds. The summed E-state index contributed by atoms with van der Waals surface area (Å²) in [7, 11) is 0. The van der Waals surface area contributed by atoms with Gasteiger partial charge in [-0.15, -0.1) is 0 Å². The molecule has 0 unspecified atom stereocenters. The summed E-state index contributed by atoms with van der Waals surface area (Å²) in [6.07, 6.45) is 4.83. The van der Waals surface area contributed by atoms with Crippen LogP contribution in [0.15, 0.2) is 0 Å². The lowest BCUT2D eigenvalue weighted by atomic mass is 9.95. The molecule has 0 aliphatic carbocycles. The van der Waals surface area contributed by atoms with Crippen LogP contribution in [-0.4, -0.2) is 11.7 Å². The van der Waals surface area contributed by atoms with Gasteiger partial charge in [-0.25, -0.2) is 0 Å². The lowest BCUT2D eigenvalue weighted by molar-refractivity contribution is 0.203. The molecule has 0 spiro atoms. The molecule has 0 heterocycles. The van der Waals surface area contributed by atoms with Gasteiger partial charge in [0.2, 0.25) is 0 Å². The lowest BCUT2D eigenvalue weighted by Crippen LogP contribution is -2.06. The molecule has 0 aromatic rings. The van der Waals surface area contributed by atoms with Crippen molar-refractivity contribution in [1.82, 2.24) is 0 Å². The molecule has 0 bridgehead atoms. The maximum absolute atomic E-state index is 8.97. The largest absolute Gasteiger partial charge is 0.396 e. The number of hydrogen-bond donors (Lipinski definition) is 1. The van der Waals surface area contributed by atoms with Crippen molar-refractivity contribution >= 4 is 0 Å². The normalized spacial score (nSPS) is 13.9. The van der Waals surface area contributed by atoms with Crippen molar-refractivity contribution < 1.29 is 5.11 Å². The average Bonchev–Trinajstić information content (AvgIpc) is 1.97. The summed E-state index contributed by atoms with van der Waals surface area (Å²) in [5.41, 5.74) is 0. The molecule has 0 aromatic heterocycles. The van der Waals surface area contributed by atoms with E-state index < -0.39 is 0 Å². The number of aliphatic hydroxyl groups excluding tert-OH is 1. The molecule has 1 heteroatoms. The summed E-state index contributed by atoms with van der Waals surface area (Å²) in [6, 6.07) is 0. The fourth-order valence-corrected chi connectivity index (χ4v) is 1.30. The van der Waals surface area contributed by atoms with Crippen LogP contribution in [-0.2, 0) is 0 Å². The third kappa shape index (κ3) is 6.36. The minimum Gasteiger partial charge on any atom is -0.396 e. The molecule has 1 nitrogen and oxygen atoms in total. The monoisotopic (exact) mass is 158 g/mol. The van der Waals surface area contributed by atoms with Crippen molar-refractivity contribution in [1.29, 1.82) is 0 Å². The van der Waals surface area contributed by atoms with Crippen LogP contribution in [0.5, 0.6) is 0 Å². The van der Waals surface area contributed by atoms with E-state index in [0.29, 0.717) is 12.5 Å². The van der Waals surface area contributed by atoms with Gasteiger partial charge in [-0.3, -0.25) is 0 Å². The Kier molecular flexibility index (Phi) is 6.63. The molecule has 1 atom stereocenters. The van der Waals surface area contributed by atoms with E-state index in [-0.39, 0.29) is 0 Å². The van der Waals surface area contributed by atoms with Crippen LogP contribution in [0.3, 0.4) is 0 Å². The summed E-state index contributed by atoms with van der Waals surface area (Å²) in [5, 5.41) is 8.97. The van der Waals surface area contributed by atoms with Crippen LogP contribution in [0.25, 0.3) is 0 Å². The number of rotatable bonds is 6. The predicted octanol–water partition coefficient (Wildman–Crippen LogP) is 2.83. The number of hydrogen-bond acceptors (Lipinski definition) is 1. The van der Waals surface area contributed by atoms with E-state index in [1.165, 1.54) is 25.7 Å². The Morgan fingerprint density at radius 2 is 1.73 bits per heavy atom. The summed E-state index contributed by atoms with van der Waals surface area (Å²) in [5.74, 6) is 1.34. The Labute approximate surface area is 70.8 Å². The van der Waals surface area contributed by atoms with E-state index in [0.717, 1.165) is 5.92 Å². The zero-order valence-corrected chi connectivity index (χ0v) is 8.14. The topological polar surface area (TPSA) is 20.2 Å². The highest BCUT2D eigenvalue weighted by molar-refractivity contribution is 4.58. The molecule has 68 valence electrons. The highest BCUT2D eigenvalue weighted by Gasteiger charge is 2.06. The summed E-state index contributed by atoms with van der Waals surface area (Å²) >= 11 is 0. The molecule has 0 fully saturated rings. The van der Waals surface area contributed by atoms with Crippen LogP contribution in [0, 0.1) is 11.8 Å². The minimum atomic E-state index is 0.376. The van der Waals surface area contributed by atoms with Crippen molar-refractivity contribution in [3.05, 3.63) is 0 Å². The second-order valence-corrected chi connectivity index (χ2v) is 3.81. The minimum absolute atomic E-state index is 0.376. The molecule has 0 radical (unpaired) electrons. The average molecular weight is 158 g/mol. The molecule has 0 aromatic carbocycles. The van der Waals surface area contributed by atoms with Gasteiger partial charge >= 0.3 is 0 Å². The van der Waals surface area contributed by atoms with Gasteiger partial charge in [0.15, 0.2) is 0 Å². The Morgan fingerprint density at radius 1 is 1.09 bits per heavy atom. The Bertz CT molecular complexity index is 78.9. The van der Waals surface area contributed by atoms with E-state index >= 15 is 0 Å². The number of aliphatic hydroxyl groups is 1. The summed E-state index contributed by atoms with van der Waals surface area (Å²) < 4.78 is 0. The van der Waals surface area contributed by atoms with E-state index in [4.69, 9.17) is 5.11 Å². The Hall–Kier alpha value is -0.0400. The van der Waals surface area contributed by atoms with E-state index in [1.54, 1.807) is 0 Å². The molecule has 11 heavy (non-hydrogen) atoms. The standard InChI is InChI=1S/C10H22O/c1-4-5-10(8-11)7-6-9(2)3/h9-11H,4-8H2,1-3H3/t10-/m1/s1. The predicted molar refractivity (Wildman–Crippen MR) is 49.6 cm³/mol. The van der Waals surface area contributed by atoms with Gasteiger partial charge in [-0.2, -0.15) is 0 Å². The first-order valence-corrected chi connectivity index (χ1v) is 4.81. The van der Waals surface area contributed by atoms with Crippen LogP contribution in [0.4, 0.5) is 0 Å². The highest BCUT2D eigenvalue weighted by Crippen LogP contribution is 2.16. The third-order valence-corrected chi connectivity index (χ3v) is 2.11. The zero-order valence-electron chi connectivity index (χ0n) is 8.14. The maximum atomic E-state index is 8.97. The van der Waals surface area contributed by atoms with E-state index in [9.17, 15) is 0 Å². The van der Waals surface area contributed by atoms with Crippen LogP contribution >= 0.6 is 0 Å². The first kappa shape index (κ1) is 11.0. The smallest absolute Gasteiger partial charge is 0.0459 e. The molecule has 0 rings (SSSR count). The second-order valence-electron chi connectivity index (χ2n) is 3.81. The second kappa shape index (κ2) is 6.66.